The smallest absolute Gasteiger partial charge is 0.0670 e. The molecule has 0 aliphatic rings. The third-order valence-electron chi connectivity index (χ3n) is 2.33. The summed E-state index contributed by atoms with van der Waals surface area (Å²) in [5, 5.41) is 3.31. The predicted octanol–water partition coefficient (Wildman–Crippen LogP) is 1.75. The molecule has 0 heterocycles. The Kier molecular flexibility index (Phi) is 5.30. The Hall–Kier alpha value is 0.394. The molecule has 11 heavy (non-hydrogen) atoms. The summed E-state index contributed by atoms with van der Waals surface area (Å²) in [7, 11) is 2.99. The minimum atomic E-state index is -0.161. The van der Waals surface area contributed by atoms with E-state index in [1.165, 1.54) is 12.2 Å². The molecule has 0 amide bonds. The second-order valence-corrected chi connectivity index (χ2v) is 9.13. The molecule has 0 aliphatic carbocycles. The van der Waals surface area contributed by atoms with E-state index >= 15 is 0 Å². The molecule has 0 aromatic carbocycles. The molecule has 0 bridgehead atoms. The number of hydrogen-bond acceptors (Lipinski definition) is 1. The molecular formula is C8H20NSi2. The van der Waals surface area contributed by atoms with E-state index in [2.05, 4.69) is 39.7 Å². The zero-order valence-electron chi connectivity index (χ0n) is 8.41. The third-order valence-corrected chi connectivity index (χ3v) is 8.79. The zero-order chi connectivity index (χ0) is 8.91. The van der Waals surface area contributed by atoms with Crippen LogP contribution in [-0.2, 0) is 0 Å². The summed E-state index contributed by atoms with van der Waals surface area (Å²) >= 11 is 0. The first-order valence-electron chi connectivity index (χ1n) is 4.27. The van der Waals surface area contributed by atoms with Gasteiger partial charge in [0.25, 0.3) is 0 Å². The molecule has 0 rings (SSSR count). The van der Waals surface area contributed by atoms with Gasteiger partial charge in [0.1, 0.15) is 0 Å². The molecule has 0 aliphatic heterocycles. The lowest BCUT2D eigenvalue weighted by atomic mass is 10.5. The van der Waals surface area contributed by atoms with Crippen LogP contribution >= 0.6 is 0 Å². The van der Waals surface area contributed by atoms with Crippen LogP contribution in [0, 0.1) is 0 Å². The van der Waals surface area contributed by atoms with Crippen molar-refractivity contribution in [1.82, 2.24) is 5.32 Å². The van der Waals surface area contributed by atoms with Crippen molar-refractivity contribution < 1.29 is 0 Å². The van der Waals surface area contributed by atoms with Crippen LogP contribution in [0.15, 0.2) is 0 Å². The van der Waals surface area contributed by atoms with Gasteiger partial charge in [-0.1, -0.05) is 33.4 Å². The van der Waals surface area contributed by atoms with E-state index in [1.54, 1.807) is 0 Å². The Labute approximate surface area is 75.4 Å². The Balaban J connectivity index is 3.99. The van der Waals surface area contributed by atoms with E-state index in [0.29, 0.717) is 4.66 Å². The first-order chi connectivity index (χ1) is 5.08. The maximum atomic E-state index is 3.31. The number of rotatable bonds is 5. The summed E-state index contributed by atoms with van der Waals surface area (Å²) in [6.07, 6.45) is 1.26. The van der Waals surface area contributed by atoms with Crippen LogP contribution in [0.25, 0.3) is 0 Å². The molecule has 0 fully saturated rings. The van der Waals surface area contributed by atoms with Gasteiger partial charge >= 0.3 is 0 Å². The molecule has 0 spiro atoms. The summed E-state index contributed by atoms with van der Waals surface area (Å²) in [6, 6.07) is 1.39. The lowest BCUT2D eigenvalue weighted by molar-refractivity contribution is 0.855. The van der Waals surface area contributed by atoms with Crippen LogP contribution in [0.3, 0.4) is 0 Å². The van der Waals surface area contributed by atoms with E-state index < -0.39 is 0 Å². The van der Waals surface area contributed by atoms with E-state index in [9.17, 15) is 0 Å². The van der Waals surface area contributed by atoms with Crippen molar-refractivity contribution in [3.63, 3.8) is 0 Å². The van der Waals surface area contributed by atoms with Gasteiger partial charge in [0.05, 0.1) is 8.80 Å². The van der Waals surface area contributed by atoms with Gasteiger partial charge < -0.3 is 5.32 Å². The van der Waals surface area contributed by atoms with Gasteiger partial charge in [0, 0.05) is 9.52 Å². The van der Waals surface area contributed by atoms with Gasteiger partial charge in [-0.2, -0.15) is 0 Å². The van der Waals surface area contributed by atoms with E-state index in [4.69, 9.17) is 0 Å². The first kappa shape index (κ1) is 11.4. The third kappa shape index (κ3) is 3.53. The van der Waals surface area contributed by atoms with Gasteiger partial charge in [0.2, 0.25) is 0 Å². The summed E-state index contributed by atoms with van der Waals surface area (Å²) in [4.78, 5) is 0. The Morgan fingerprint density at radius 3 is 2.27 bits per heavy atom. The minimum absolute atomic E-state index is 0.161. The molecule has 0 unspecified atom stereocenters. The standard InChI is InChI=1S/C8H20NSi2/c1-6-11(7-9-4)8(2,3)10-5/h9H,6-7H2,1-5H3. The molecule has 0 atom stereocenters. The van der Waals surface area contributed by atoms with Crippen molar-refractivity contribution in [3.8, 4) is 0 Å². The summed E-state index contributed by atoms with van der Waals surface area (Å²) < 4.78 is 0.627. The monoisotopic (exact) mass is 186 g/mol. The second-order valence-electron chi connectivity index (χ2n) is 3.36. The van der Waals surface area contributed by atoms with E-state index in [0.717, 1.165) is 9.52 Å². The maximum absolute atomic E-state index is 3.31. The second kappa shape index (κ2) is 5.11. The van der Waals surface area contributed by atoms with Gasteiger partial charge in [-0.05, 0) is 17.9 Å². The highest BCUT2D eigenvalue weighted by atomic mass is 28.3. The zero-order valence-corrected chi connectivity index (χ0v) is 10.4. The van der Waals surface area contributed by atoms with Gasteiger partial charge in [-0.15, -0.1) is 0 Å². The Bertz CT molecular complexity index is 104. The molecule has 0 saturated heterocycles. The lowest BCUT2D eigenvalue weighted by Gasteiger charge is -2.30. The molecule has 1 N–H and O–H groups in total. The molecule has 0 saturated carbocycles. The van der Waals surface area contributed by atoms with Crippen LogP contribution in [-0.4, -0.2) is 31.5 Å². The van der Waals surface area contributed by atoms with Gasteiger partial charge in [-0.25, -0.2) is 0 Å². The van der Waals surface area contributed by atoms with Crippen molar-refractivity contribution in [3.05, 3.63) is 0 Å². The molecule has 3 radical (unpaired) electrons. The Morgan fingerprint density at radius 2 is 2.00 bits per heavy atom. The van der Waals surface area contributed by atoms with Crippen LogP contribution in [0.2, 0.25) is 17.3 Å². The van der Waals surface area contributed by atoms with Crippen LogP contribution in [0.1, 0.15) is 20.8 Å². The van der Waals surface area contributed by atoms with Crippen LogP contribution in [0.5, 0.6) is 0 Å². The minimum Gasteiger partial charge on any atom is -0.323 e. The average molecular weight is 186 g/mol. The molecule has 0 aromatic rings. The van der Waals surface area contributed by atoms with Crippen LogP contribution < -0.4 is 5.32 Å². The normalized spacial score (nSPS) is 12.5. The van der Waals surface area contributed by atoms with E-state index in [1.807, 2.05) is 0 Å². The average Bonchev–Trinajstić information content (AvgIpc) is 2.00. The lowest BCUT2D eigenvalue weighted by Crippen LogP contribution is -2.39. The van der Waals surface area contributed by atoms with Crippen molar-refractivity contribution in [2.75, 3.05) is 13.2 Å². The van der Waals surface area contributed by atoms with Crippen molar-refractivity contribution in [1.29, 1.82) is 0 Å². The fraction of sp³-hybridized carbons (Fsp3) is 1.00. The Morgan fingerprint density at radius 1 is 1.45 bits per heavy atom. The molecule has 0 aromatic heterocycles. The highest BCUT2D eigenvalue weighted by Crippen LogP contribution is 2.27. The largest absolute Gasteiger partial charge is 0.323 e. The highest BCUT2D eigenvalue weighted by Gasteiger charge is 2.27. The van der Waals surface area contributed by atoms with Crippen molar-refractivity contribution >= 4 is 18.3 Å². The molecule has 65 valence electrons. The predicted molar refractivity (Wildman–Crippen MR) is 55.8 cm³/mol. The van der Waals surface area contributed by atoms with Gasteiger partial charge in [-0.3, -0.25) is 0 Å². The quantitative estimate of drug-likeness (QED) is 0.645. The highest BCUT2D eigenvalue weighted by molar-refractivity contribution is 6.74. The molecular weight excluding hydrogens is 166 g/mol. The van der Waals surface area contributed by atoms with Crippen molar-refractivity contribution in [2.45, 2.75) is 38.0 Å². The fourth-order valence-corrected chi connectivity index (χ4v) is 5.39. The number of hydrogen-bond donors (Lipinski definition) is 1. The summed E-state index contributed by atoms with van der Waals surface area (Å²) in [6.45, 7) is 9.49. The van der Waals surface area contributed by atoms with Gasteiger partial charge in [0.15, 0.2) is 0 Å². The van der Waals surface area contributed by atoms with Crippen molar-refractivity contribution in [2.24, 2.45) is 0 Å². The number of nitrogens with one attached hydrogen (secondary N) is 1. The maximum Gasteiger partial charge on any atom is 0.0670 e. The fourth-order valence-electron chi connectivity index (χ4n) is 1.18. The SMILES string of the molecule is CC[Si](CNC)C(C)(C)[Si]C. The molecule has 1 nitrogen and oxygen atoms in total. The topological polar surface area (TPSA) is 12.0 Å². The summed E-state index contributed by atoms with van der Waals surface area (Å²) in [5.41, 5.74) is 0. The summed E-state index contributed by atoms with van der Waals surface area (Å²) in [5.74, 6) is 0. The van der Waals surface area contributed by atoms with E-state index in [-0.39, 0.29) is 8.80 Å². The van der Waals surface area contributed by atoms with Crippen LogP contribution in [0.4, 0.5) is 0 Å². The molecule has 3 heteroatoms. The first-order valence-corrected chi connectivity index (χ1v) is 7.68.